The fourth-order valence-corrected chi connectivity index (χ4v) is 2.79. The Morgan fingerprint density at radius 2 is 1.80 bits per heavy atom. The number of methoxy groups -OCH3 is 1. The second kappa shape index (κ2) is 4.78. The molecule has 3 rings (SSSR count). The van der Waals surface area contributed by atoms with Crippen LogP contribution in [0.5, 0.6) is 5.75 Å². The Bertz CT molecular complexity index is 632. The first-order valence-electron chi connectivity index (χ1n) is 7.33. The minimum Gasteiger partial charge on any atom is -0.497 e. The normalized spacial score (nSPS) is 21.7. The van der Waals surface area contributed by atoms with Gasteiger partial charge in [0.15, 0.2) is 0 Å². The quantitative estimate of drug-likeness (QED) is 0.893. The average Bonchev–Trinajstić information content (AvgIpc) is 3.04. The van der Waals surface area contributed by atoms with Crippen LogP contribution in [0.2, 0.25) is 0 Å². The molecule has 0 spiro atoms. The van der Waals surface area contributed by atoms with E-state index >= 15 is 0 Å². The molecule has 0 aromatic heterocycles. The van der Waals surface area contributed by atoms with E-state index in [1.165, 1.54) is 22.8 Å². The number of hydrogen-bond acceptors (Lipinski definition) is 2. The van der Waals surface area contributed by atoms with E-state index in [1.807, 2.05) is 6.07 Å². The van der Waals surface area contributed by atoms with Crippen molar-refractivity contribution >= 4 is 10.8 Å². The molecule has 1 aliphatic rings. The maximum atomic E-state index is 5.27. The van der Waals surface area contributed by atoms with Gasteiger partial charge in [0.05, 0.1) is 7.11 Å². The number of ether oxygens (including phenoxy) is 1. The van der Waals surface area contributed by atoms with Crippen LogP contribution in [-0.2, 0) is 0 Å². The van der Waals surface area contributed by atoms with Crippen molar-refractivity contribution in [2.75, 3.05) is 7.11 Å². The predicted molar refractivity (Wildman–Crippen MR) is 84.2 cm³/mol. The molecule has 1 saturated carbocycles. The minimum atomic E-state index is 0.397. The van der Waals surface area contributed by atoms with Crippen LogP contribution >= 0.6 is 0 Å². The molecule has 2 aromatic rings. The van der Waals surface area contributed by atoms with Crippen LogP contribution in [0.1, 0.15) is 38.8 Å². The Kier molecular flexibility index (Phi) is 3.21. The second-order valence-electron chi connectivity index (χ2n) is 6.61. The molecule has 0 aliphatic heterocycles. The van der Waals surface area contributed by atoms with Crippen molar-refractivity contribution in [1.29, 1.82) is 0 Å². The van der Waals surface area contributed by atoms with Gasteiger partial charge in [0.1, 0.15) is 5.75 Å². The number of nitrogens with one attached hydrogen (secondary N) is 1. The summed E-state index contributed by atoms with van der Waals surface area (Å²) in [4.78, 5) is 0. The van der Waals surface area contributed by atoms with E-state index in [0.717, 1.165) is 5.75 Å². The van der Waals surface area contributed by atoms with Crippen molar-refractivity contribution in [3.63, 3.8) is 0 Å². The fraction of sp³-hybridized carbons (Fsp3) is 0.444. The summed E-state index contributed by atoms with van der Waals surface area (Å²) in [6.07, 6.45) is 1.28. The van der Waals surface area contributed by atoms with Gasteiger partial charge in [-0.15, -0.1) is 0 Å². The van der Waals surface area contributed by atoms with E-state index in [9.17, 15) is 0 Å². The summed E-state index contributed by atoms with van der Waals surface area (Å²) in [5, 5.41) is 6.22. The second-order valence-corrected chi connectivity index (χ2v) is 6.61. The van der Waals surface area contributed by atoms with Gasteiger partial charge in [0.25, 0.3) is 0 Å². The average molecular weight is 269 g/mol. The maximum absolute atomic E-state index is 5.27. The van der Waals surface area contributed by atoms with Gasteiger partial charge in [-0.05, 0) is 53.3 Å². The molecule has 0 radical (unpaired) electrons. The Labute approximate surface area is 121 Å². The van der Waals surface area contributed by atoms with Crippen LogP contribution < -0.4 is 10.1 Å². The molecule has 20 heavy (non-hydrogen) atoms. The predicted octanol–water partition coefficient (Wildman–Crippen LogP) is 4.30. The topological polar surface area (TPSA) is 21.3 Å². The molecule has 0 bridgehead atoms. The van der Waals surface area contributed by atoms with Gasteiger partial charge in [-0.1, -0.05) is 32.0 Å². The third-order valence-electron chi connectivity index (χ3n) is 4.54. The first-order valence-corrected chi connectivity index (χ1v) is 7.33. The molecule has 1 aliphatic carbocycles. The third kappa shape index (κ3) is 2.53. The van der Waals surface area contributed by atoms with Crippen LogP contribution in [0.25, 0.3) is 10.8 Å². The summed E-state index contributed by atoms with van der Waals surface area (Å²) in [6, 6.07) is 14.0. The lowest BCUT2D eigenvalue weighted by molar-refractivity contribution is 0.415. The summed E-state index contributed by atoms with van der Waals surface area (Å²) in [7, 11) is 1.71. The van der Waals surface area contributed by atoms with Gasteiger partial charge in [0.2, 0.25) is 0 Å². The molecule has 2 nitrogen and oxygen atoms in total. The lowest BCUT2D eigenvalue weighted by Gasteiger charge is -2.16. The lowest BCUT2D eigenvalue weighted by atomic mass is 10.0. The molecular weight excluding hydrogens is 246 g/mol. The molecule has 2 heteroatoms. The summed E-state index contributed by atoms with van der Waals surface area (Å²) in [6.45, 7) is 6.90. The van der Waals surface area contributed by atoms with Gasteiger partial charge in [-0.3, -0.25) is 0 Å². The lowest BCUT2D eigenvalue weighted by Crippen LogP contribution is -2.24. The van der Waals surface area contributed by atoms with Gasteiger partial charge < -0.3 is 10.1 Å². The van der Waals surface area contributed by atoms with Crippen molar-refractivity contribution in [3.8, 4) is 5.75 Å². The Morgan fingerprint density at radius 1 is 1.15 bits per heavy atom. The van der Waals surface area contributed by atoms with E-state index in [4.69, 9.17) is 4.74 Å². The maximum Gasteiger partial charge on any atom is 0.119 e. The molecule has 1 fully saturated rings. The summed E-state index contributed by atoms with van der Waals surface area (Å²) < 4.78 is 5.27. The summed E-state index contributed by atoms with van der Waals surface area (Å²) in [5.41, 5.74) is 1.82. The zero-order valence-corrected chi connectivity index (χ0v) is 12.7. The molecule has 1 N–H and O–H groups in total. The Balaban J connectivity index is 1.81. The molecule has 106 valence electrons. The van der Waals surface area contributed by atoms with Crippen LogP contribution in [0.3, 0.4) is 0 Å². The summed E-state index contributed by atoms with van der Waals surface area (Å²) >= 11 is 0. The first-order chi connectivity index (χ1) is 9.49. The van der Waals surface area contributed by atoms with Crippen LogP contribution in [0.4, 0.5) is 0 Å². The smallest absolute Gasteiger partial charge is 0.119 e. The van der Waals surface area contributed by atoms with Crippen LogP contribution in [0, 0.1) is 5.41 Å². The van der Waals surface area contributed by atoms with Gasteiger partial charge in [0, 0.05) is 12.1 Å². The third-order valence-corrected chi connectivity index (χ3v) is 4.54. The van der Waals surface area contributed by atoms with E-state index < -0.39 is 0 Å². The Morgan fingerprint density at radius 3 is 2.45 bits per heavy atom. The SMILES string of the molecule is COc1ccc2cc(C(C)NC3CC3(C)C)ccc2c1. The highest BCUT2D eigenvalue weighted by atomic mass is 16.5. The standard InChI is InChI=1S/C18H23NO/c1-12(19-17-11-18(17,2)3)13-5-6-15-10-16(20-4)8-7-14(15)9-13/h5-10,12,17,19H,11H2,1-4H3. The van der Waals surface area contributed by atoms with Crippen LogP contribution in [-0.4, -0.2) is 13.2 Å². The molecular formula is C18H23NO. The zero-order valence-electron chi connectivity index (χ0n) is 12.7. The van der Waals surface area contributed by atoms with Crippen molar-refractivity contribution < 1.29 is 4.74 Å². The zero-order chi connectivity index (χ0) is 14.3. The molecule has 2 aromatic carbocycles. The minimum absolute atomic E-state index is 0.397. The summed E-state index contributed by atoms with van der Waals surface area (Å²) in [5.74, 6) is 0.913. The molecule has 0 saturated heterocycles. The van der Waals surface area contributed by atoms with Crippen molar-refractivity contribution in [3.05, 3.63) is 42.0 Å². The van der Waals surface area contributed by atoms with E-state index in [0.29, 0.717) is 17.5 Å². The number of rotatable bonds is 4. The van der Waals surface area contributed by atoms with Gasteiger partial charge >= 0.3 is 0 Å². The van der Waals surface area contributed by atoms with E-state index in [1.54, 1.807) is 7.11 Å². The fourth-order valence-electron chi connectivity index (χ4n) is 2.79. The Hall–Kier alpha value is -1.54. The number of hydrogen-bond donors (Lipinski definition) is 1. The van der Waals surface area contributed by atoms with E-state index in [2.05, 4.69) is 56.4 Å². The largest absolute Gasteiger partial charge is 0.497 e. The van der Waals surface area contributed by atoms with Gasteiger partial charge in [-0.25, -0.2) is 0 Å². The van der Waals surface area contributed by atoms with Crippen LogP contribution in [0.15, 0.2) is 36.4 Å². The molecule has 2 atom stereocenters. The van der Waals surface area contributed by atoms with Crippen molar-refractivity contribution in [2.45, 2.75) is 39.3 Å². The van der Waals surface area contributed by atoms with E-state index in [-0.39, 0.29) is 0 Å². The number of fused-ring (bicyclic) bond motifs is 1. The number of benzene rings is 2. The molecule has 0 heterocycles. The van der Waals surface area contributed by atoms with Crippen molar-refractivity contribution in [2.24, 2.45) is 5.41 Å². The first kappa shape index (κ1) is 13.4. The highest BCUT2D eigenvalue weighted by Gasteiger charge is 2.45. The monoisotopic (exact) mass is 269 g/mol. The highest BCUT2D eigenvalue weighted by Crippen LogP contribution is 2.45. The van der Waals surface area contributed by atoms with Gasteiger partial charge in [-0.2, -0.15) is 0 Å². The van der Waals surface area contributed by atoms with Crippen molar-refractivity contribution in [1.82, 2.24) is 5.32 Å². The molecule has 0 amide bonds. The highest BCUT2D eigenvalue weighted by molar-refractivity contribution is 5.84. The molecule has 2 unspecified atom stereocenters.